The number of para-hydroxylation sites is 1. The lowest BCUT2D eigenvalue weighted by molar-refractivity contribution is 0.0958. The highest BCUT2D eigenvalue weighted by atomic mass is 35.5. The highest BCUT2D eigenvalue weighted by Gasteiger charge is 2.14. The topological polar surface area (TPSA) is 72.8 Å². The van der Waals surface area contributed by atoms with Crippen LogP contribution in [0.15, 0.2) is 47.6 Å². The Balaban J connectivity index is 1.76. The Labute approximate surface area is 178 Å². The lowest BCUT2D eigenvalue weighted by Gasteiger charge is -2.13. The number of carbonyl (C=O) groups excluding carboxylic acids is 1. The minimum Gasteiger partial charge on any atom is -0.493 e. The number of thiazole rings is 1. The van der Waals surface area contributed by atoms with Crippen LogP contribution in [0.3, 0.4) is 0 Å². The number of benzene rings is 2. The van der Waals surface area contributed by atoms with Crippen LogP contribution < -0.4 is 14.9 Å². The molecule has 0 aliphatic rings. The zero-order chi connectivity index (χ0) is 20.8. The van der Waals surface area contributed by atoms with Crippen molar-refractivity contribution >= 4 is 35.1 Å². The van der Waals surface area contributed by atoms with Crippen molar-refractivity contribution in [3.8, 4) is 11.5 Å². The van der Waals surface area contributed by atoms with E-state index in [-0.39, 0.29) is 12.5 Å². The fourth-order valence-electron chi connectivity index (χ4n) is 2.67. The Kier molecular flexibility index (Phi) is 6.85. The lowest BCUT2D eigenvalue weighted by atomic mass is 10.2. The smallest absolute Gasteiger partial charge is 0.283 e. The first-order valence-corrected chi connectivity index (χ1v) is 9.99. The van der Waals surface area contributed by atoms with Crippen molar-refractivity contribution in [2.24, 2.45) is 5.10 Å². The van der Waals surface area contributed by atoms with Crippen LogP contribution in [0.4, 0.5) is 0 Å². The molecule has 150 valence electrons. The molecule has 3 rings (SSSR count). The molecule has 1 heterocycles. The quantitative estimate of drug-likeness (QED) is 0.434. The predicted molar refractivity (Wildman–Crippen MR) is 115 cm³/mol. The van der Waals surface area contributed by atoms with Crippen LogP contribution in [0, 0.1) is 13.8 Å². The summed E-state index contributed by atoms with van der Waals surface area (Å²) in [5.41, 5.74) is 4.73. The summed E-state index contributed by atoms with van der Waals surface area (Å²) < 4.78 is 11.4. The zero-order valence-electron chi connectivity index (χ0n) is 16.2. The summed E-state index contributed by atoms with van der Waals surface area (Å²) in [6, 6.07) is 12.9. The maximum absolute atomic E-state index is 12.3. The molecule has 0 unspecified atom stereocenters. The number of hydrazone groups is 1. The number of nitrogens with one attached hydrogen (secondary N) is 1. The van der Waals surface area contributed by atoms with Crippen LogP contribution in [0.25, 0.3) is 0 Å². The van der Waals surface area contributed by atoms with Crippen molar-refractivity contribution in [1.82, 2.24) is 10.4 Å². The lowest BCUT2D eigenvalue weighted by Crippen LogP contribution is -2.17. The van der Waals surface area contributed by atoms with Gasteiger partial charge < -0.3 is 9.47 Å². The molecule has 6 nitrogen and oxygen atoms in total. The van der Waals surface area contributed by atoms with E-state index in [1.54, 1.807) is 20.1 Å². The molecule has 1 amide bonds. The van der Waals surface area contributed by atoms with Crippen LogP contribution in [-0.2, 0) is 6.61 Å². The molecule has 1 aromatic heterocycles. The van der Waals surface area contributed by atoms with Crippen LogP contribution in [0.5, 0.6) is 11.5 Å². The van der Waals surface area contributed by atoms with Gasteiger partial charge in [-0.25, -0.2) is 10.4 Å². The first-order chi connectivity index (χ1) is 14.0. The van der Waals surface area contributed by atoms with E-state index in [9.17, 15) is 4.79 Å². The van der Waals surface area contributed by atoms with Gasteiger partial charge in [-0.3, -0.25) is 4.79 Å². The van der Waals surface area contributed by atoms with E-state index in [0.29, 0.717) is 32.7 Å². The van der Waals surface area contributed by atoms with Gasteiger partial charge in [-0.15, -0.1) is 11.3 Å². The zero-order valence-corrected chi connectivity index (χ0v) is 17.8. The van der Waals surface area contributed by atoms with Crippen molar-refractivity contribution in [2.45, 2.75) is 20.5 Å². The Bertz CT molecular complexity index is 1050. The summed E-state index contributed by atoms with van der Waals surface area (Å²) in [5, 5.41) is 5.53. The van der Waals surface area contributed by atoms with Gasteiger partial charge in [-0.1, -0.05) is 35.9 Å². The van der Waals surface area contributed by atoms with Gasteiger partial charge >= 0.3 is 0 Å². The third-order valence-corrected chi connectivity index (χ3v) is 5.48. The second kappa shape index (κ2) is 9.54. The predicted octanol–water partition coefficient (Wildman–Crippen LogP) is 4.76. The van der Waals surface area contributed by atoms with Crippen molar-refractivity contribution in [1.29, 1.82) is 0 Å². The monoisotopic (exact) mass is 429 g/mol. The average Bonchev–Trinajstić information content (AvgIpc) is 3.05. The second-order valence-corrected chi connectivity index (χ2v) is 7.72. The highest BCUT2D eigenvalue weighted by molar-refractivity contribution is 7.13. The van der Waals surface area contributed by atoms with E-state index < -0.39 is 0 Å². The summed E-state index contributed by atoms with van der Waals surface area (Å²) in [4.78, 5) is 17.1. The molecule has 29 heavy (non-hydrogen) atoms. The maximum Gasteiger partial charge on any atom is 0.283 e. The van der Waals surface area contributed by atoms with Gasteiger partial charge in [0.15, 0.2) is 11.5 Å². The van der Waals surface area contributed by atoms with Crippen molar-refractivity contribution in [2.75, 3.05) is 7.11 Å². The van der Waals surface area contributed by atoms with Gasteiger partial charge in [0.05, 0.1) is 24.0 Å². The van der Waals surface area contributed by atoms with Gasteiger partial charge in [0, 0.05) is 16.1 Å². The van der Waals surface area contributed by atoms with E-state index in [1.165, 1.54) is 17.6 Å². The molecule has 0 fully saturated rings. The molecule has 3 aromatic rings. The van der Waals surface area contributed by atoms with Crippen molar-refractivity contribution < 1.29 is 14.3 Å². The Morgan fingerprint density at radius 3 is 2.72 bits per heavy atom. The van der Waals surface area contributed by atoms with Crippen LogP contribution in [-0.4, -0.2) is 24.2 Å². The number of amides is 1. The molecular weight excluding hydrogens is 410 g/mol. The summed E-state index contributed by atoms with van der Waals surface area (Å²) in [5.74, 6) is 0.768. The number of hydrogen-bond acceptors (Lipinski definition) is 6. The third-order valence-electron chi connectivity index (χ3n) is 4.04. The molecule has 0 saturated heterocycles. The maximum atomic E-state index is 12.3. The van der Waals surface area contributed by atoms with E-state index in [4.69, 9.17) is 21.1 Å². The summed E-state index contributed by atoms with van der Waals surface area (Å²) in [6.45, 7) is 3.92. The highest BCUT2D eigenvalue weighted by Crippen LogP contribution is 2.31. The SMILES string of the molecule is COc1cccc(/C=N/NC(=O)c2sc(C)nc2C)c1OCc1ccccc1Cl. The van der Waals surface area contributed by atoms with E-state index in [2.05, 4.69) is 15.5 Å². The minimum atomic E-state index is -0.300. The fourth-order valence-corrected chi connectivity index (χ4v) is 3.67. The first-order valence-electron chi connectivity index (χ1n) is 8.80. The molecule has 0 spiro atoms. The number of rotatable bonds is 7. The van der Waals surface area contributed by atoms with Crippen LogP contribution >= 0.6 is 22.9 Å². The number of carbonyl (C=O) groups is 1. The number of methoxy groups -OCH3 is 1. The molecular formula is C21H20ClN3O3S. The largest absolute Gasteiger partial charge is 0.493 e. The van der Waals surface area contributed by atoms with E-state index in [1.807, 2.05) is 43.3 Å². The number of aryl methyl sites for hydroxylation is 2. The molecule has 0 aliphatic heterocycles. The molecule has 0 atom stereocenters. The van der Waals surface area contributed by atoms with Crippen molar-refractivity contribution in [3.63, 3.8) is 0 Å². The Morgan fingerprint density at radius 1 is 1.24 bits per heavy atom. The number of nitrogens with zero attached hydrogens (tertiary/aromatic N) is 2. The molecule has 0 radical (unpaired) electrons. The summed E-state index contributed by atoms with van der Waals surface area (Å²) >= 11 is 7.54. The Hall–Kier alpha value is -2.90. The molecule has 0 bridgehead atoms. The number of aromatic nitrogens is 1. The first kappa shape index (κ1) is 20.8. The van der Waals surface area contributed by atoms with E-state index in [0.717, 1.165) is 10.6 Å². The van der Waals surface area contributed by atoms with Gasteiger partial charge in [0.2, 0.25) is 0 Å². The standard InChI is InChI=1S/C21H20ClN3O3S/c1-13-20(29-14(2)24-13)21(26)25-23-11-15-8-6-10-18(27-3)19(15)28-12-16-7-4-5-9-17(16)22/h4-11H,12H2,1-3H3,(H,25,26)/b23-11+. The Morgan fingerprint density at radius 2 is 2.03 bits per heavy atom. The van der Waals surface area contributed by atoms with Gasteiger partial charge in [0.1, 0.15) is 11.5 Å². The molecule has 8 heteroatoms. The van der Waals surface area contributed by atoms with Gasteiger partial charge in [0.25, 0.3) is 5.91 Å². The molecule has 1 N–H and O–H groups in total. The molecule has 2 aromatic carbocycles. The minimum absolute atomic E-state index is 0.270. The fraction of sp³-hybridized carbons (Fsp3) is 0.190. The van der Waals surface area contributed by atoms with E-state index >= 15 is 0 Å². The molecule has 0 aliphatic carbocycles. The van der Waals surface area contributed by atoms with Crippen LogP contribution in [0.2, 0.25) is 5.02 Å². The average molecular weight is 430 g/mol. The van der Waals surface area contributed by atoms with Crippen molar-refractivity contribution in [3.05, 3.63) is 74.2 Å². The van der Waals surface area contributed by atoms with Gasteiger partial charge in [-0.05, 0) is 32.0 Å². The van der Waals surface area contributed by atoms with Crippen LogP contribution in [0.1, 0.15) is 31.5 Å². The van der Waals surface area contributed by atoms with Gasteiger partial charge in [-0.2, -0.15) is 5.10 Å². The normalized spacial score (nSPS) is 10.9. The third kappa shape index (κ3) is 5.13. The number of halogens is 1. The number of ether oxygens (including phenoxy) is 2. The summed E-state index contributed by atoms with van der Waals surface area (Å²) in [6.07, 6.45) is 1.52. The number of hydrogen-bond donors (Lipinski definition) is 1. The second-order valence-electron chi connectivity index (χ2n) is 6.11. The summed E-state index contributed by atoms with van der Waals surface area (Å²) in [7, 11) is 1.56. The molecule has 0 saturated carbocycles.